The van der Waals surface area contributed by atoms with Crippen LogP contribution >= 0.6 is 11.6 Å². The molecule has 0 fully saturated rings. The fourth-order valence-corrected chi connectivity index (χ4v) is 4.18. The molecule has 1 atom stereocenters. The zero-order valence-corrected chi connectivity index (χ0v) is 22.3. The number of rotatable bonds is 9. The highest BCUT2D eigenvalue weighted by atomic mass is 35.5. The molecular formula is C27H26ClF3N6O3. The van der Waals surface area contributed by atoms with E-state index in [2.05, 4.69) is 15.1 Å². The van der Waals surface area contributed by atoms with Crippen LogP contribution in [0.5, 0.6) is 5.88 Å². The molecule has 210 valence electrons. The molecule has 9 nitrogen and oxygen atoms in total. The summed E-state index contributed by atoms with van der Waals surface area (Å²) in [6.07, 6.45) is -5.23. The van der Waals surface area contributed by atoms with Gasteiger partial charge in [0.25, 0.3) is 0 Å². The molecule has 0 bridgehead atoms. The molecule has 40 heavy (non-hydrogen) atoms. The second kappa shape index (κ2) is 11.8. The monoisotopic (exact) mass is 574 g/mol. The number of carbonyl (C=O) groups excluding carboxylic acids is 1. The van der Waals surface area contributed by atoms with Gasteiger partial charge < -0.3 is 20.9 Å². The van der Waals surface area contributed by atoms with Crippen LogP contribution in [0.2, 0.25) is 5.02 Å². The number of benzene rings is 2. The highest BCUT2D eigenvalue weighted by Gasteiger charge is 2.45. The lowest BCUT2D eigenvalue weighted by Crippen LogP contribution is -2.28. The standard InChI is InChI=1S/C27H26ClF3N6O3/c1-3-39-24(38)9-6-16-4-5-17(12-20(16)32)21-14-23(35-26(33)34-21)40-25(27(29,30)31)19-8-7-18(28)13-22(19)37-11-10-15(2)36-37/h4-5,7-8,10-14,25H,3,6,9,32H2,1-2H3,(H2,33,34,35)/t25-/m1/s1. The molecule has 0 radical (unpaired) electrons. The van der Waals surface area contributed by atoms with Gasteiger partial charge in [-0.15, -0.1) is 0 Å². The van der Waals surface area contributed by atoms with Gasteiger partial charge in [-0.25, -0.2) is 9.67 Å². The van der Waals surface area contributed by atoms with Gasteiger partial charge in [-0.2, -0.15) is 23.3 Å². The van der Waals surface area contributed by atoms with Crippen molar-refractivity contribution in [3.63, 3.8) is 0 Å². The van der Waals surface area contributed by atoms with Gasteiger partial charge in [0.1, 0.15) is 0 Å². The van der Waals surface area contributed by atoms with Crippen molar-refractivity contribution >= 4 is 29.2 Å². The van der Waals surface area contributed by atoms with Crippen LogP contribution in [0.15, 0.2) is 54.7 Å². The molecule has 2 heterocycles. The molecule has 0 aliphatic heterocycles. The van der Waals surface area contributed by atoms with E-state index in [0.29, 0.717) is 28.9 Å². The van der Waals surface area contributed by atoms with Crippen LogP contribution in [-0.2, 0) is 16.0 Å². The normalized spacial score (nSPS) is 12.2. The number of nitrogens with two attached hydrogens (primary N) is 2. The molecule has 2 aromatic carbocycles. The largest absolute Gasteiger partial charge is 0.466 e. The van der Waals surface area contributed by atoms with Crippen LogP contribution in [0.3, 0.4) is 0 Å². The number of nitrogen functional groups attached to an aromatic ring is 2. The Hall–Kier alpha value is -4.32. The van der Waals surface area contributed by atoms with Gasteiger partial charge in [-0.1, -0.05) is 29.8 Å². The summed E-state index contributed by atoms with van der Waals surface area (Å²) in [7, 11) is 0. The summed E-state index contributed by atoms with van der Waals surface area (Å²) < 4.78 is 54.8. The third-order valence-electron chi connectivity index (χ3n) is 5.85. The first-order valence-electron chi connectivity index (χ1n) is 12.2. The van der Waals surface area contributed by atoms with Gasteiger partial charge >= 0.3 is 12.1 Å². The Morgan fingerprint density at radius 2 is 1.88 bits per heavy atom. The Balaban J connectivity index is 1.66. The van der Waals surface area contributed by atoms with Crippen LogP contribution < -0.4 is 16.2 Å². The number of hydrogen-bond donors (Lipinski definition) is 2. The topological polar surface area (TPSA) is 131 Å². The van der Waals surface area contributed by atoms with Crippen molar-refractivity contribution in [3.05, 3.63) is 76.6 Å². The van der Waals surface area contributed by atoms with Gasteiger partial charge in [0.15, 0.2) is 0 Å². The Morgan fingerprint density at radius 3 is 2.52 bits per heavy atom. The molecule has 0 aliphatic rings. The Bertz CT molecular complexity index is 1530. The summed E-state index contributed by atoms with van der Waals surface area (Å²) in [4.78, 5) is 19.7. The first-order chi connectivity index (χ1) is 18.9. The third-order valence-corrected chi connectivity index (χ3v) is 6.08. The van der Waals surface area contributed by atoms with Crippen molar-refractivity contribution in [2.45, 2.75) is 39.0 Å². The number of esters is 1. The molecule has 4 N–H and O–H groups in total. The summed E-state index contributed by atoms with van der Waals surface area (Å²) in [6, 6.07) is 11.8. The van der Waals surface area contributed by atoms with Crippen LogP contribution in [-0.4, -0.2) is 38.5 Å². The SMILES string of the molecule is CCOC(=O)CCc1ccc(-c2cc(O[C@H](c3ccc(Cl)cc3-n3ccc(C)n3)C(F)(F)F)nc(N)n2)cc1N. The van der Waals surface area contributed by atoms with Gasteiger partial charge in [0.05, 0.1) is 23.7 Å². The van der Waals surface area contributed by atoms with E-state index in [4.69, 9.17) is 32.5 Å². The summed E-state index contributed by atoms with van der Waals surface area (Å²) in [5, 5.41) is 4.45. The zero-order valence-electron chi connectivity index (χ0n) is 21.6. The smallest absolute Gasteiger partial charge is 0.429 e. The highest BCUT2D eigenvalue weighted by molar-refractivity contribution is 6.30. The second-order valence-corrected chi connectivity index (χ2v) is 9.25. The van der Waals surface area contributed by atoms with Crippen molar-refractivity contribution in [2.75, 3.05) is 18.1 Å². The second-order valence-electron chi connectivity index (χ2n) is 8.81. The molecule has 4 rings (SSSR count). The van der Waals surface area contributed by atoms with Crippen LogP contribution in [0.1, 0.15) is 36.3 Å². The lowest BCUT2D eigenvalue weighted by Gasteiger charge is -2.24. The number of ether oxygens (including phenoxy) is 2. The van der Waals surface area contributed by atoms with Crippen LogP contribution in [0, 0.1) is 6.92 Å². The lowest BCUT2D eigenvalue weighted by molar-refractivity contribution is -0.198. The zero-order chi connectivity index (χ0) is 29.0. The third kappa shape index (κ3) is 6.81. The Morgan fingerprint density at radius 1 is 1.10 bits per heavy atom. The highest BCUT2D eigenvalue weighted by Crippen LogP contribution is 2.40. The number of aryl methyl sites for hydroxylation is 2. The molecule has 0 saturated heterocycles. The number of alkyl halides is 3. The summed E-state index contributed by atoms with van der Waals surface area (Å²) >= 11 is 6.10. The van der Waals surface area contributed by atoms with E-state index >= 15 is 0 Å². The van der Waals surface area contributed by atoms with E-state index in [1.165, 1.54) is 35.1 Å². The number of halogens is 4. The van der Waals surface area contributed by atoms with Crippen molar-refractivity contribution < 1.29 is 27.4 Å². The number of hydrogen-bond acceptors (Lipinski definition) is 8. The summed E-state index contributed by atoms with van der Waals surface area (Å²) in [6.45, 7) is 3.71. The molecule has 0 unspecified atom stereocenters. The predicted octanol–water partition coefficient (Wildman–Crippen LogP) is 5.63. The molecule has 0 saturated carbocycles. The molecular weight excluding hydrogens is 549 g/mol. The molecule has 0 aliphatic carbocycles. The fourth-order valence-electron chi connectivity index (χ4n) is 4.02. The predicted molar refractivity (Wildman–Crippen MR) is 144 cm³/mol. The lowest BCUT2D eigenvalue weighted by atomic mass is 10.0. The van der Waals surface area contributed by atoms with Crippen LogP contribution in [0.25, 0.3) is 16.9 Å². The average Bonchev–Trinajstić information content (AvgIpc) is 3.32. The minimum Gasteiger partial charge on any atom is -0.466 e. The number of carbonyl (C=O) groups is 1. The fraction of sp³-hybridized carbons (Fsp3) is 0.259. The summed E-state index contributed by atoms with van der Waals surface area (Å²) in [5.41, 5.74) is 14.2. The van der Waals surface area contributed by atoms with Gasteiger partial charge in [-0.3, -0.25) is 4.79 Å². The van der Waals surface area contributed by atoms with E-state index < -0.39 is 18.2 Å². The maximum absolute atomic E-state index is 14.4. The quantitative estimate of drug-likeness (QED) is 0.194. The maximum atomic E-state index is 14.4. The number of aromatic nitrogens is 4. The van der Waals surface area contributed by atoms with Crippen molar-refractivity contribution in [1.82, 2.24) is 19.7 Å². The average molecular weight is 575 g/mol. The van der Waals surface area contributed by atoms with Crippen molar-refractivity contribution in [1.29, 1.82) is 0 Å². The van der Waals surface area contributed by atoms with E-state index in [1.807, 2.05) is 0 Å². The molecule has 0 spiro atoms. The molecule has 2 aromatic heterocycles. The molecule has 0 amide bonds. The Labute approximate surface area is 232 Å². The minimum absolute atomic E-state index is 0.0938. The van der Waals surface area contributed by atoms with Crippen LogP contribution in [0.4, 0.5) is 24.8 Å². The minimum atomic E-state index is -4.84. The first-order valence-corrected chi connectivity index (χ1v) is 12.6. The van der Waals surface area contributed by atoms with E-state index in [9.17, 15) is 18.0 Å². The first kappa shape index (κ1) is 28.7. The van der Waals surface area contributed by atoms with Crippen molar-refractivity contribution in [2.24, 2.45) is 0 Å². The number of nitrogens with zero attached hydrogens (tertiary/aromatic N) is 4. The van der Waals surface area contributed by atoms with Gasteiger partial charge in [0.2, 0.25) is 17.9 Å². The van der Waals surface area contributed by atoms with E-state index in [-0.39, 0.29) is 46.9 Å². The molecule has 13 heteroatoms. The van der Waals surface area contributed by atoms with Crippen molar-refractivity contribution in [3.8, 4) is 22.8 Å². The molecule has 4 aromatic rings. The van der Waals surface area contributed by atoms with E-state index in [1.54, 1.807) is 38.1 Å². The van der Waals surface area contributed by atoms with E-state index in [0.717, 1.165) is 0 Å². The van der Waals surface area contributed by atoms with Gasteiger partial charge in [0, 0.05) is 40.5 Å². The maximum Gasteiger partial charge on any atom is 0.429 e. The summed E-state index contributed by atoms with van der Waals surface area (Å²) in [5.74, 6) is -1.04. The Kier molecular flexibility index (Phi) is 8.48. The van der Waals surface area contributed by atoms with Gasteiger partial charge in [-0.05, 0) is 50.1 Å². The number of anilines is 2.